The van der Waals surface area contributed by atoms with Crippen LogP contribution in [0.15, 0.2) is 18.3 Å². The minimum Gasteiger partial charge on any atom is -0.374 e. The van der Waals surface area contributed by atoms with Gasteiger partial charge in [0.2, 0.25) is 0 Å². The summed E-state index contributed by atoms with van der Waals surface area (Å²) in [6, 6.07) is 4.25. The van der Waals surface area contributed by atoms with E-state index < -0.39 is 0 Å². The molecule has 0 radical (unpaired) electrons. The Bertz CT molecular complexity index is 325. The molecule has 1 rings (SSSR count). The average Bonchev–Trinajstić information content (AvgIpc) is 2.36. The fraction of sp³-hybridized carbons (Fsp3) is 0.643. The van der Waals surface area contributed by atoms with E-state index in [2.05, 4.69) is 55.2 Å². The van der Waals surface area contributed by atoms with Crippen LogP contribution in [0.2, 0.25) is 0 Å². The van der Waals surface area contributed by atoms with Gasteiger partial charge in [-0.3, -0.25) is 4.98 Å². The fourth-order valence-corrected chi connectivity index (χ4v) is 1.75. The number of hydrogen-bond donors (Lipinski definition) is 1. The molecule has 1 N–H and O–H groups in total. The Balaban J connectivity index is 2.63. The van der Waals surface area contributed by atoms with E-state index in [-0.39, 0.29) is 0 Å². The van der Waals surface area contributed by atoms with Crippen LogP contribution in [0.3, 0.4) is 0 Å². The van der Waals surface area contributed by atoms with Crippen LogP contribution in [0.4, 0.5) is 5.69 Å². The molecular formula is C14H25N3. The van der Waals surface area contributed by atoms with Gasteiger partial charge >= 0.3 is 0 Å². The zero-order chi connectivity index (χ0) is 12.7. The summed E-state index contributed by atoms with van der Waals surface area (Å²) in [4.78, 5) is 6.68. The summed E-state index contributed by atoms with van der Waals surface area (Å²) < 4.78 is 0. The molecule has 1 unspecified atom stereocenters. The summed E-state index contributed by atoms with van der Waals surface area (Å²) in [6.45, 7) is 9.56. The van der Waals surface area contributed by atoms with Gasteiger partial charge in [-0.2, -0.15) is 0 Å². The highest BCUT2D eigenvalue weighted by molar-refractivity contribution is 5.45. The Kier molecular flexibility index (Phi) is 5.98. The lowest BCUT2D eigenvalue weighted by atomic mass is 10.1. The van der Waals surface area contributed by atoms with Gasteiger partial charge in [-0.05, 0) is 24.6 Å². The van der Waals surface area contributed by atoms with Crippen LogP contribution in [0.25, 0.3) is 0 Å². The molecule has 1 aromatic heterocycles. The van der Waals surface area contributed by atoms with Gasteiger partial charge in [0.05, 0.1) is 5.69 Å². The maximum atomic E-state index is 4.37. The lowest BCUT2D eigenvalue weighted by Gasteiger charge is -2.23. The first-order valence-electron chi connectivity index (χ1n) is 6.54. The summed E-state index contributed by atoms with van der Waals surface area (Å²) in [5, 5.41) is 3.30. The van der Waals surface area contributed by atoms with E-state index in [0.717, 1.165) is 31.2 Å². The van der Waals surface area contributed by atoms with Crippen LogP contribution in [-0.4, -0.2) is 25.1 Å². The number of nitrogens with zero attached hydrogens (tertiary/aromatic N) is 2. The SMILES string of the molecule is CCNCc1cc(N(C)CC(C)CC)ccn1. The minimum absolute atomic E-state index is 0.727. The second-order valence-corrected chi connectivity index (χ2v) is 4.68. The van der Waals surface area contributed by atoms with Gasteiger partial charge in [-0.15, -0.1) is 0 Å². The monoisotopic (exact) mass is 235 g/mol. The molecule has 0 fully saturated rings. The molecule has 96 valence electrons. The first kappa shape index (κ1) is 14.0. The number of pyridine rings is 1. The lowest BCUT2D eigenvalue weighted by Crippen LogP contribution is -2.24. The van der Waals surface area contributed by atoms with Gasteiger partial charge in [0.15, 0.2) is 0 Å². The maximum Gasteiger partial charge on any atom is 0.0562 e. The van der Waals surface area contributed by atoms with Crippen molar-refractivity contribution in [3.8, 4) is 0 Å². The third-order valence-corrected chi connectivity index (χ3v) is 3.08. The minimum atomic E-state index is 0.727. The standard InChI is InChI=1S/C14H25N3/c1-5-12(3)11-17(4)14-7-8-16-13(9-14)10-15-6-2/h7-9,12,15H,5-6,10-11H2,1-4H3. The zero-order valence-corrected chi connectivity index (χ0v) is 11.5. The smallest absolute Gasteiger partial charge is 0.0562 e. The molecule has 0 bridgehead atoms. The van der Waals surface area contributed by atoms with Gasteiger partial charge in [-0.1, -0.05) is 27.2 Å². The number of hydrogen-bond acceptors (Lipinski definition) is 3. The van der Waals surface area contributed by atoms with E-state index in [4.69, 9.17) is 0 Å². The Hall–Kier alpha value is -1.09. The van der Waals surface area contributed by atoms with Crippen LogP contribution in [0.1, 0.15) is 32.9 Å². The predicted molar refractivity (Wildman–Crippen MR) is 74.3 cm³/mol. The van der Waals surface area contributed by atoms with Gasteiger partial charge < -0.3 is 10.2 Å². The molecule has 0 spiro atoms. The number of rotatable bonds is 7. The molecule has 1 atom stereocenters. The molecule has 0 aliphatic rings. The normalized spacial score (nSPS) is 12.5. The molecular weight excluding hydrogens is 210 g/mol. The highest BCUT2D eigenvalue weighted by Gasteiger charge is 2.06. The first-order valence-corrected chi connectivity index (χ1v) is 6.54. The molecule has 0 aromatic carbocycles. The highest BCUT2D eigenvalue weighted by Crippen LogP contribution is 2.15. The van der Waals surface area contributed by atoms with E-state index in [9.17, 15) is 0 Å². The van der Waals surface area contributed by atoms with E-state index in [1.165, 1.54) is 12.1 Å². The molecule has 1 heterocycles. The summed E-state index contributed by atoms with van der Waals surface area (Å²) in [6.07, 6.45) is 3.12. The van der Waals surface area contributed by atoms with E-state index in [1.807, 2.05) is 6.20 Å². The van der Waals surface area contributed by atoms with Crippen LogP contribution < -0.4 is 10.2 Å². The molecule has 3 nitrogen and oxygen atoms in total. The Morgan fingerprint density at radius 2 is 2.18 bits per heavy atom. The van der Waals surface area contributed by atoms with Crippen molar-refractivity contribution in [2.24, 2.45) is 5.92 Å². The largest absolute Gasteiger partial charge is 0.374 e. The van der Waals surface area contributed by atoms with Crippen molar-refractivity contribution >= 4 is 5.69 Å². The Labute approximate surface area is 105 Å². The van der Waals surface area contributed by atoms with Gasteiger partial charge in [-0.25, -0.2) is 0 Å². The lowest BCUT2D eigenvalue weighted by molar-refractivity contribution is 0.559. The number of aromatic nitrogens is 1. The second-order valence-electron chi connectivity index (χ2n) is 4.68. The number of nitrogens with one attached hydrogen (secondary N) is 1. The highest BCUT2D eigenvalue weighted by atomic mass is 15.1. The third-order valence-electron chi connectivity index (χ3n) is 3.08. The van der Waals surface area contributed by atoms with Gasteiger partial charge in [0.1, 0.15) is 0 Å². The molecule has 1 aromatic rings. The van der Waals surface area contributed by atoms with Gasteiger partial charge in [0.25, 0.3) is 0 Å². The Morgan fingerprint density at radius 1 is 1.41 bits per heavy atom. The van der Waals surface area contributed by atoms with Crippen molar-refractivity contribution in [2.45, 2.75) is 33.7 Å². The molecule has 0 aliphatic carbocycles. The van der Waals surface area contributed by atoms with Crippen molar-refractivity contribution in [1.29, 1.82) is 0 Å². The molecule has 0 saturated heterocycles. The molecule has 17 heavy (non-hydrogen) atoms. The van der Waals surface area contributed by atoms with E-state index >= 15 is 0 Å². The topological polar surface area (TPSA) is 28.2 Å². The van der Waals surface area contributed by atoms with Crippen LogP contribution in [0.5, 0.6) is 0 Å². The molecule has 0 saturated carbocycles. The first-order chi connectivity index (χ1) is 8.17. The van der Waals surface area contributed by atoms with Crippen LogP contribution >= 0.6 is 0 Å². The number of anilines is 1. The predicted octanol–water partition coefficient (Wildman–Crippen LogP) is 2.67. The fourth-order valence-electron chi connectivity index (χ4n) is 1.75. The quantitative estimate of drug-likeness (QED) is 0.787. The molecule has 0 amide bonds. The van der Waals surface area contributed by atoms with Crippen LogP contribution in [-0.2, 0) is 6.54 Å². The average molecular weight is 235 g/mol. The van der Waals surface area contributed by atoms with Gasteiger partial charge in [0, 0.05) is 32.0 Å². The summed E-state index contributed by atoms with van der Waals surface area (Å²) in [7, 11) is 2.15. The summed E-state index contributed by atoms with van der Waals surface area (Å²) in [5.41, 5.74) is 2.37. The maximum absolute atomic E-state index is 4.37. The zero-order valence-electron chi connectivity index (χ0n) is 11.5. The third kappa shape index (κ3) is 4.73. The molecule has 0 aliphatic heterocycles. The summed E-state index contributed by atoms with van der Waals surface area (Å²) in [5.74, 6) is 0.727. The van der Waals surface area contributed by atoms with Crippen molar-refractivity contribution in [1.82, 2.24) is 10.3 Å². The van der Waals surface area contributed by atoms with Crippen LogP contribution in [0, 0.1) is 5.92 Å². The van der Waals surface area contributed by atoms with Crippen molar-refractivity contribution in [3.05, 3.63) is 24.0 Å². The Morgan fingerprint density at radius 3 is 2.82 bits per heavy atom. The summed E-state index contributed by atoms with van der Waals surface area (Å²) >= 11 is 0. The van der Waals surface area contributed by atoms with Crippen molar-refractivity contribution in [2.75, 3.05) is 25.0 Å². The second kappa shape index (κ2) is 7.28. The van der Waals surface area contributed by atoms with E-state index in [0.29, 0.717) is 0 Å². The molecule has 3 heteroatoms. The van der Waals surface area contributed by atoms with Crippen molar-refractivity contribution < 1.29 is 0 Å². The van der Waals surface area contributed by atoms with E-state index in [1.54, 1.807) is 0 Å². The van der Waals surface area contributed by atoms with Crippen molar-refractivity contribution in [3.63, 3.8) is 0 Å².